The first-order valence-corrected chi connectivity index (χ1v) is 8.32. The van der Waals surface area contributed by atoms with Gasteiger partial charge in [0.25, 0.3) is 0 Å². The zero-order valence-corrected chi connectivity index (χ0v) is 12.6. The molecule has 0 radical (unpaired) electrons. The van der Waals surface area contributed by atoms with Crippen LogP contribution >= 0.6 is 0 Å². The van der Waals surface area contributed by atoms with Gasteiger partial charge in [-0.25, -0.2) is 0 Å². The van der Waals surface area contributed by atoms with E-state index >= 15 is 0 Å². The molecule has 5 nitrogen and oxygen atoms in total. The molecule has 0 aromatic rings. The zero-order chi connectivity index (χ0) is 13.4. The molecule has 0 saturated carbocycles. The smallest absolute Gasteiger partial charge is 0.374 e. The SMILES string of the molecule is CCC[Si](OCC)(OCC)OC(C)(CN)CN. The maximum atomic E-state index is 6.09. The summed E-state index contributed by atoms with van der Waals surface area (Å²) in [5.74, 6) is 0. The van der Waals surface area contributed by atoms with E-state index in [1.165, 1.54) is 0 Å². The summed E-state index contributed by atoms with van der Waals surface area (Å²) in [6.07, 6.45) is 0.956. The number of hydrogen-bond acceptors (Lipinski definition) is 5. The number of rotatable bonds is 10. The molecule has 0 heterocycles. The first-order valence-electron chi connectivity index (χ1n) is 6.39. The number of hydrogen-bond donors (Lipinski definition) is 2. The lowest BCUT2D eigenvalue weighted by atomic mass is 10.1. The average molecular weight is 264 g/mol. The van der Waals surface area contributed by atoms with Crippen LogP contribution < -0.4 is 11.5 Å². The Hall–Kier alpha value is 0.0169. The van der Waals surface area contributed by atoms with Gasteiger partial charge in [0, 0.05) is 32.3 Å². The second kappa shape index (κ2) is 8.18. The van der Waals surface area contributed by atoms with Crippen LogP contribution in [0.25, 0.3) is 0 Å². The van der Waals surface area contributed by atoms with E-state index in [0.717, 1.165) is 12.5 Å². The molecule has 0 bridgehead atoms. The van der Waals surface area contributed by atoms with Crippen LogP contribution in [-0.2, 0) is 13.3 Å². The van der Waals surface area contributed by atoms with Crippen molar-refractivity contribution in [2.45, 2.75) is 45.8 Å². The average Bonchev–Trinajstić information content (AvgIpc) is 2.30. The third-order valence-electron chi connectivity index (χ3n) is 2.55. The summed E-state index contributed by atoms with van der Waals surface area (Å²) in [6, 6.07) is 0.796. The molecule has 6 heteroatoms. The van der Waals surface area contributed by atoms with E-state index in [9.17, 15) is 0 Å². The van der Waals surface area contributed by atoms with E-state index in [0.29, 0.717) is 26.3 Å². The molecule has 0 aromatic heterocycles. The molecule has 0 unspecified atom stereocenters. The van der Waals surface area contributed by atoms with Crippen molar-refractivity contribution in [3.05, 3.63) is 0 Å². The van der Waals surface area contributed by atoms with E-state index in [1.807, 2.05) is 20.8 Å². The van der Waals surface area contributed by atoms with Crippen molar-refractivity contribution >= 4 is 8.80 Å². The molecular formula is C11H28N2O3Si. The van der Waals surface area contributed by atoms with Crippen LogP contribution in [0.3, 0.4) is 0 Å². The highest BCUT2D eigenvalue weighted by Gasteiger charge is 2.45. The minimum Gasteiger partial charge on any atom is -0.374 e. The van der Waals surface area contributed by atoms with Crippen LogP contribution in [-0.4, -0.2) is 40.7 Å². The molecule has 0 aromatic carbocycles. The third-order valence-corrected chi connectivity index (χ3v) is 5.92. The highest BCUT2D eigenvalue weighted by molar-refractivity contribution is 6.60. The molecule has 0 rings (SSSR count). The van der Waals surface area contributed by atoms with Gasteiger partial charge in [0.05, 0.1) is 5.60 Å². The molecule has 17 heavy (non-hydrogen) atoms. The largest absolute Gasteiger partial charge is 0.501 e. The first-order chi connectivity index (χ1) is 8.01. The number of nitrogens with two attached hydrogens (primary N) is 2. The normalized spacial score (nSPS) is 13.1. The van der Waals surface area contributed by atoms with Gasteiger partial charge in [-0.05, 0) is 20.8 Å². The van der Waals surface area contributed by atoms with Crippen molar-refractivity contribution in [1.82, 2.24) is 0 Å². The Morgan fingerprint density at radius 2 is 1.47 bits per heavy atom. The summed E-state index contributed by atoms with van der Waals surface area (Å²) in [5.41, 5.74) is 10.9. The maximum Gasteiger partial charge on any atom is 0.501 e. The van der Waals surface area contributed by atoms with E-state index in [4.69, 9.17) is 24.7 Å². The predicted octanol–water partition coefficient (Wildman–Crippen LogP) is 1.10. The van der Waals surface area contributed by atoms with Crippen molar-refractivity contribution in [2.24, 2.45) is 11.5 Å². The van der Waals surface area contributed by atoms with E-state index in [-0.39, 0.29) is 0 Å². The molecule has 0 amide bonds. The second-order valence-electron chi connectivity index (χ2n) is 4.26. The Kier molecular flexibility index (Phi) is 8.19. The maximum absolute atomic E-state index is 6.09. The minimum absolute atomic E-state index is 0.363. The van der Waals surface area contributed by atoms with Gasteiger partial charge in [0.2, 0.25) is 0 Å². The molecule has 0 aliphatic heterocycles. The van der Waals surface area contributed by atoms with Gasteiger partial charge < -0.3 is 24.7 Å². The molecular weight excluding hydrogens is 236 g/mol. The highest BCUT2D eigenvalue weighted by atomic mass is 28.4. The molecule has 0 spiro atoms. The summed E-state index contributed by atoms with van der Waals surface area (Å²) >= 11 is 0. The van der Waals surface area contributed by atoms with Crippen LogP contribution in [0.4, 0.5) is 0 Å². The second-order valence-corrected chi connectivity index (χ2v) is 6.91. The summed E-state index contributed by atoms with van der Waals surface area (Å²) in [5, 5.41) is 0. The van der Waals surface area contributed by atoms with Crippen molar-refractivity contribution in [3.8, 4) is 0 Å². The summed E-state index contributed by atoms with van der Waals surface area (Å²) in [6.45, 7) is 9.77. The van der Waals surface area contributed by atoms with Crippen LogP contribution in [0.15, 0.2) is 0 Å². The fourth-order valence-corrected chi connectivity index (χ4v) is 4.59. The van der Waals surface area contributed by atoms with Crippen LogP contribution in [0.5, 0.6) is 0 Å². The Labute approximate surface area is 106 Å². The van der Waals surface area contributed by atoms with Gasteiger partial charge in [0.1, 0.15) is 0 Å². The fourth-order valence-electron chi connectivity index (χ4n) is 1.58. The van der Waals surface area contributed by atoms with Crippen molar-refractivity contribution < 1.29 is 13.3 Å². The Morgan fingerprint density at radius 1 is 1.00 bits per heavy atom. The molecule has 0 atom stereocenters. The first kappa shape index (κ1) is 17.0. The van der Waals surface area contributed by atoms with Crippen molar-refractivity contribution in [1.29, 1.82) is 0 Å². The quantitative estimate of drug-likeness (QED) is 0.578. The zero-order valence-electron chi connectivity index (χ0n) is 11.6. The molecule has 0 saturated heterocycles. The van der Waals surface area contributed by atoms with Crippen molar-refractivity contribution in [3.63, 3.8) is 0 Å². The van der Waals surface area contributed by atoms with Gasteiger partial charge in [-0.15, -0.1) is 0 Å². The Bertz CT molecular complexity index is 184. The van der Waals surface area contributed by atoms with E-state index in [2.05, 4.69) is 6.92 Å². The van der Waals surface area contributed by atoms with Gasteiger partial charge >= 0.3 is 8.80 Å². The van der Waals surface area contributed by atoms with Gasteiger partial charge in [-0.3, -0.25) is 0 Å². The van der Waals surface area contributed by atoms with E-state index < -0.39 is 14.4 Å². The molecule has 0 aliphatic rings. The topological polar surface area (TPSA) is 79.7 Å². The Balaban J connectivity index is 4.85. The molecule has 104 valence electrons. The fraction of sp³-hybridized carbons (Fsp3) is 1.00. The lowest BCUT2D eigenvalue weighted by Crippen LogP contribution is -2.57. The summed E-state index contributed by atoms with van der Waals surface area (Å²) in [4.78, 5) is 0. The predicted molar refractivity (Wildman–Crippen MR) is 71.7 cm³/mol. The van der Waals surface area contributed by atoms with Gasteiger partial charge in [0.15, 0.2) is 0 Å². The standard InChI is InChI=1S/C11H28N2O3Si/c1-5-8-17(14-6-2,15-7-3)16-11(4,9-12)10-13/h5-10,12-13H2,1-4H3. The lowest BCUT2D eigenvalue weighted by Gasteiger charge is -2.37. The van der Waals surface area contributed by atoms with Gasteiger partial charge in [-0.1, -0.05) is 13.3 Å². The third kappa shape index (κ3) is 5.46. The van der Waals surface area contributed by atoms with Crippen LogP contribution in [0.1, 0.15) is 34.1 Å². The minimum atomic E-state index is -2.63. The molecule has 4 N–H and O–H groups in total. The van der Waals surface area contributed by atoms with Crippen LogP contribution in [0.2, 0.25) is 6.04 Å². The summed E-state index contributed by atoms with van der Waals surface area (Å²) in [7, 11) is -2.63. The van der Waals surface area contributed by atoms with Crippen LogP contribution in [0, 0.1) is 0 Å². The monoisotopic (exact) mass is 264 g/mol. The molecule has 0 aliphatic carbocycles. The highest BCUT2D eigenvalue weighted by Crippen LogP contribution is 2.24. The van der Waals surface area contributed by atoms with Gasteiger partial charge in [-0.2, -0.15) is 0 Å². The lowest BCUT2D eigenvalue weighted by molar-refractivity contribution is -0.0107. The Morgan fingerprint density at radius 3 is 1.76 bits per heavy atom. The van der Waals surface area contributed by atoms with Crippen molar-refractivity contribution in [2.75, 3.05) is 26.3 Å². The van der Waals surface area contributed by atoms with E-state index in [1.54, 1.807) is 0 Å². The molecule has 0 fully saturated rings. The summed E-state index contributed by atoms with van der Waals surface area (Å²) < 4.78 is 17.7.